The van der Waals surface area contributed by atoms with E-state index in [-0.39, 0.29) is 23.0 Å². The third kappa shape index (κ3) is 3.16. The molecule has 0 saturated carbocycles. The molecule has 0 bridgehead atoms. The van der Waals surface area contributed by atoms with E-state index in [0.717, 1.165) is 0 Å². The van der Waals surface area contributed by atoms with Gasteiger partial charge in [0, 0.05) is 8.95 Å². The van der Waals surface area contributed by atoms with Crippen LogP contribution in [0.25, 0.3) is 0 Å². The van der Waals surface area contributed by atoms with E-state index in [0.29, 0.717) is 13.4 Å². The highest BCUT2D eigenvalue weighted by atomic mass is 79.9. The van der Waals surface area contributed by atoms with Crippen molar-refractivity contribution in [1.82, 2.24) is 0 Å². The SMILES string of the molecule is Oc1cc(Br)cc(Oc2cc(Br)cc(Br)c2O)c1O. The first kappa shape index (κ1) is 14.5. The first-order valence-electron chi connectivity index (χ1n) is 4.96. The van der Waals surface area contributed by atoms with Crippen LogP contribution < -0.4 is 4.74 Å². The van der Waals surface area contributed by atoms with Crippen LogP contribution in [0.2, 0.25) is 0 Å². The fourth-order valence-corrected chi connectivity index (χ4v) is 2.99. The molecule has 100 valence electrons. The summed E-state index contributed by atoms with van der Waals surface area (Å²) >= 11 is 9.62. The van der Waals surface area contributed by atoms with Crippen molar-refractivity contribution < 1.29 is 20.1 Å². The standard InChI is InChI=1S/C12H7Br3O4/c13-5-1-7(15)11(17)9(3-5)19-10-4-6(14)2-8(16)12(10)18/h1-4,16-18H. The lowest BCUT2D eigenvalue weighted by molar-refractivity contribution is 0.361. The van der Waals surface area contributed by atoms with Gasteiger partial charge in [-0.05, 0) is 40.2 Å². The summed E-state index contributed by atoms with van der Waals surface area (Å²) in [6.45, 7) is 0. The summed E-state index contributed by atoms with van der Waals surface area (Å²) in [5.41, 5.74) is 0. The minimum absolute atomic E-state index is 0.0205. The zero-order chi connectivity index (χ0) is 14.2. The molecule has 3 N–H and O–H groups in total. The summed E-state index contributed by atoms with van der Waals surface area (Å²) in [5.74, 6) is -0.681. The Kier molecular flexibility index (Phi) is 4.27. The smallest absolute Gasteiger partial charge is 0.201 e. The maximum atomic E-state index is 9.86. The van der Waals surface area contributed by atoms with E-state index in [2.05, 4.69) is 47.8 Å². The van der Waals surface area contributed by atoms with Gasteiger partial charge in [-0.25, -0.2) is 0 Å². The molecule has 0 aliphatic heterocycles. The highest BCUT2D eigenvalue weighted by Gasteiger charge is 2.14. The molecule has 0 aliphatic rings. The van der Waals surface area contributed by atoms with Crippen molar-refractivity contribution >= 4 is 47.8 Å². The van der Waals surface area contributed by atoms with Gasteiger partial charge in [-0.15, -0.1) is 0 Å². The van der Waals surface area contributed by atoms with E-state index in [1.165, 1.54) is 18.2 Å². The highest BCUT2D eigenvalue weighted by Crippen LogP contribution is 2.44. The molecule has 0 fully saturated rings. The summed E-state index contributed by atoms with van der Waals surface area (Å²) in [4.78, 5) is 0. The molecule has 0 atom stereocenters. The fraction of sp³-hybridized carbons (Fsp3) is 0. The Morgan fingerprint density at radius 2 is 1.26 bits per heavy atom. The van der Waals surface area contributed by atoms with E-state index >= 15 is 0 Å². The van der Waals surface area contributed by atoms with Gasteiger partial charge >= 0.3 is 0 Å². The van der Waals surface area contributed by atoms with Crippen LogP contribution in [0, 0.1) is 0 Å². The van der Waals surface area contributed by atoms with Gasteiger partial charge in [-0.2, -0.15) is 0 Å². The molecule has 0 saturated heterocycles. The molecule has 2 aromatic rings. The largest absolute Gasteiger partial charge is 0.504 e. The van der Waals surface area contributed by atoms with Crippen molar-refractivity contribution in [3.05, 3.63) is 37.7 Å². The zero-order valence-corrected chi connectivity index (χ0v) is 14.0. The average Bonchev–Trinajstić information content (AvgIpc) is 2.31. The average molecular weight is 455 g/mol. The maximum absolute atomic E-state index is 9.86. The maximum Gasteiger partial charge on any atom is 0.201 e. The van der Waals surface area contributed by atoms with Gasteiger partial charge in [0.1, 0.15) is 0 Å². The Hall–Kier alpha value is -0.920. The molecule has 19 heavy (non-hydrogen) atoms. The Bertz CT molecular complexity index is 588. The third-order valence-electron chi connectivity index (χ3n) is 2.23. The second-order valence-corrected chi connectivity index (χ2v) is 6.29. The van der Waals surface area contributed by atoms with Crippen LogP contribution in [0.4, 0.5) is 0 Å². The minimum Gasteiger partial charge on any atom is -0.504 e. The van der Waals surface area contributed by atoms with Gasteiger partial charge in [0.25, 0.3) is 0 Å². The van der Waals surface area contributed by atoms with Gasteiger partial charge in [0.05, 0.1) is 4.47 Å². The van der Waals surface area contributed by atoms with Gasteiger partial charge in [-0.3, -0.25) is 0 Å². The van der Waals surface area contributed by atoms with E-state index in [1.807, 2.05) is 0 Å². The molecular weight excluding hydrogens is 448 g/mol. The number of hydrogen-bond donors (Lipinski definition) is 3. The number of hydrogen-bond acceptors (Lipinski definition) is 4. The molecule has 2 rings (SSSR count). The molecule has 2 aromatic carbocycles. The lowest BCUT2D eigenvalue weighted by atomic mass is 10.3. The molecule has 0 aromatic heterocycles. The molecule has 0 spiro atoms. The van der Waals surface area contributed by atoms with Gasteiger partial charge in [-0.1, -0.05) is 31.9 Å². The molecule has 4 nitrogen and oxygen atoms in total. The molecule has 0 amide bonds. The van der Waals surface area contributed by atoms with Crippen LogP contribution >= 0.6 is 47.8 Å². The van der Waals surface area contributed by atoms with Crippen molar-refractivity contribution in [2.45, 2.75) is 0 Å². The number of phenolic OH excluding ortho intramolecular Hbond substituents is 3. The van der Waals surface area contributed by atoms with Crippen LogP contribution in [0.5, 0.6) is 28.7 Å². The summed E-state index contributed by atoms with van der Waals surface area (Å²) in [5, 5.41) is 29.1. The van der Waals surface area contributed by atoms with Crippen LogP contribution in [0.1, 0.15) is 0 Å². The number of aromatic hydroxyl groups is 3. The van der Waals surface area contributed by atoms with Crippen LogP contribution in [0.15, 0.2) is 37.7 Å². The quantitative estimate of drug-likeness (QED) is 0.565. The molecule has 0 aliphatic carbocycles. The number of ether oxygens (including phenoxy) is 1. The second kappa shape index (κ2) is 5.60. The van der Waals surface area contributed by atoms with Crippen molar-refractivity contribution in [2.75, 3.05) is 0 Å². The highest BCUT2D eigenvalue weighted by molar-refractivity contribution is 9.11. The monoisotopic (exact) mass is 452 g/mol. The first-order chi connectivity index (χ1) is 8.88. The molecule has 0 unspecified atom stereocenters. The normalized spacial score (nSPS) is 10.5. The summed E-state index contributed by atoms with van der Waals surface area (Å²) in [6, 6.07) is 6.00. The van der Waals surface area contributed by atoms with Crippen LogP contribution in [-0.2, 0) is 0 Å². The molecular formula is C12H7Br3O4. The Morgan fingerprint density at radius 3 is 1.89 bits per heavy atom. The van der Waals surface area contributed by atoms with Crippen LogP contribution in [-0.4, -0.2) is 15.3 Å². The Labute approximate surface area is 134 Å². The topological polar surface area (TPSA) is 69.9 Å². The summed E-state index contributed by atoms with van der Waals surface area (Å²) < 4.78 is 7.07. The molecule has 0 radical (unpaired) electrons. The molecule has 7 heteroatoms. The number of benzene rings is 2. The fourth-order valence-electron chi connectivity index (χ4n) is 1.38. The Morgan fingerprint density at radius 1 is 0.737 bits per heavy atom. The van der Waals surface area contributed by atoms with Gasteiger partial charge in [0.2, 0.25) is 5.75 Å². The number of halogens is 3. The van der Waals surface area contributed by atoms with E-state index in [4.69, 9.17) is 4.74 Å². The van der Waals surface area contributed by atoms with E-state index in [9.17, 15) is 15.3 Å². The predicted molar refractivity (Wildman–Crippen MR) is 81.1 cm³/mol. The molecule has 0 heterocycles. The van der Waals surface area contributed by atoms with Gasteiger partial charge < -0.3 is 20.1 Å². The summed E-state index contributed by atoms with van der Waals surface area (Å²) in [6.07, 6.45) is 0. The lowest BCUT2D eigenvalue weighted by Crippen LogP contribution is -1.87. The van der Waals surface area contributed by atoms with Crippen molar-refractivity contribution in [2.24, 2.45) is 0 Å². The van der Waals surface area contributed by atoms with Crippen molar-refractivity contribution in [3.8, 4) is 28.7 Å². The first-order valence-corrected chi connectivity index (χ1v) is 7.33. The number of phenols is 3. The Balaban J connectivity index is 2.47. The van der Waals surface area contributed by atoms with Gasteiger partial charge in [0.15, 0.2) is 23.0 Å². The van der Waals surface area contributed by atoms with E-state index < -0.39 is 5.75 Å². The zero-order valence-electron chi connectivity index (χ0n) is 9.19. The van der Waals surface area contributed by atoms with Crippen molar-refractivity contribution in [1.29, 1.82) is 0 Å². The third-order valence-corrected chi connectivity index (χ3v) is 3.75. The second-order valence-electron chi connectivity index (χ2n) is 3.61. The van der Waals surface area contributed by atoms with E-state index in [1.54, 1.807) is 6.07 Å². The minimum atomic E-state index is -0.404. The predicted octanol–water partition coefficient (Wildman–Crippen LogP) is 4.88. The number of rotatable bonds is 2. The van der Waals surface area contributed by atoms with Crippen LogP contribution in [0.3, 0.4) is 0 Å². The lowest BCUT2D eigenvalue weighted by Gasteiger charge is -2.12. The summed E-state index contributed by atoms with van der Waals surface area (Å²) in [7, 11) is 0. The van der Waals surface area contributed by atoms with Crippen molar-refractivity contribution in [3.63, 3.8) is 0 Å².